The molecule has 0 spiro atoms. The van der Waals surface area contributed by atoms with Crippen LogP contribution in [0.4, 0.5) is 5.00 Å². The number of benzene rings is 1. The fourth-order valence-electron chi connectivity index (χ4n) is 3.03. The summed E-state index contributed by atoms with van der Waals surface area (Å²) >= 11 is 1.43. The number of hydrogen-bond donors (Lipinski definition) is 2. The standard InChI is InChI=1S/C19H20N2O4S/c1-24-12-8-6-11(14(10-12)25-2)7-9-16(22)21-19-17(18(20)23)13-4-3-5-15(13)26-19/h6-10H,3-5H2,1-2H3,(H2,20,23)(H,21,22)/b9-7+. The van der Waals surface area contributed by atoms with E-state index in [-0.39, 0.29) is 5.91 Å². The summed E-state index contributed by atoms with van der Waals surface area (Å²) in [6.45, 7) is 0. The van der Waals surface area contributed by atoms with Gasteiger partial charge < -0.3 is 20.5 Å². The fraction of sp³-hybridized carbons (Fsp3) is 0.263. The van der Waals surface area contributed by atoms with Crippen molar-refractivity contribution in [3.05, 3.63) is 45.8 Å². The summed E-state index contributed by atoms with van der Waals surface area (Å²) in [6, 6.07) is 5.33. The van der Waals surface area contributed by atoms with E-state index >= 15 is 0 Å². The Morgan fingerprint density at radius 3 is 2.73 bits per heavy atom. The van der Waals surface area contributed by atoms with Crippen molar-refractivity contribution in [2.24, 2.45) is 5.73 Å². The maximum Gasteiger partial charge on any atom is 0.251 e. The molecule has 0 unspecified atom stereocenters. The first-order valence-corrected chi connectivity index (χ1v) is 9.00. The number of anilines is 1. The number of aryl methyl sites for hydroxylation is 1. The number of nitrogens with one attached hydrogen (secondary N) is 1. The van der Waals surface area contributed by atoms with Crippen LogP contribution >= 0.6 is 11.3 Å². The van der Waals surface area contributed by atoms with Crippen LogP contribution in [0.3, 0.4) is 0 Å². The number of carbonyl (C=O) groups excluding carboxylic acids is 2. The third kappa shape index (κ3) is 3.57. The molecular weight excluding hydrogens is 352 g/mol. The Kier molecular flexibility index (Phi) is 5.27. The Labute approximate surface area is 155 Å². The topological polar surface area (TPSA) is 90.6 Å². The molecule has 7 heteroatoms. The van der Waals surface area contributed by atoms with E-state index in [4.69, 9.17) is 15.2 Å². The first-order chi connectivity index (χ1) is 12.5. The highest BCUT2D eigenvalue weighted by atomic mass is 32.1. The number of ether oxygens (including phenoxy) is 2. The molecule has 0 aliphatic heterocycles. The predicted molar refractivity (Wildman–Crippen MR) is 102 cm³/mol. The van der Waals surface area contributed by atoms with E-state index in [0.717, 1.165) is 35.3 Å². The molecule has 1 aromatic carbocycles. The van der Waals surface area contributed by atoms with Crippen LogP contribution in [0.15, 0.2) is 24.3 Å². The molecule has 1 heterocycles. The molecule has 0 saturated carbocycles. The molecule has 1 aromatic heterocycles. The highest BCUT2D eigenvalue weighted by Crippen LogP contribution is 2.38. The Bertz CT molecular complexity index is 886. The molecule has 0 bridgehead atoms. The number of fused-ring (bicyclic) bond motifs is 1. The molecule has 0 fully saturated rings. The molecule has 3 rings (SSSR count). The zero-order chi connectivity index (χ0) is 18.7. The quantitative estimate of drug-likeness (QED) is 0.763. The first-order valence-electron chi connectivity index (χ1n) is 8.19. The van der Waals surface area contributed by atoms with Gasteiger partial charge in [0.05, 0.1) is 19.8 Å². The van der Waals surface area contributed by atoms with E-state index < -0.39 is 5.91 Å². The number of methoxy groups -OCH3 is 2. The van der Waals surface area contributed by atoms with E-state index in [0.29, 0.717) is 22.1 Å². The van der Waals surface area contributed by atoms with E-state index in [1.165, 1.54) is 17.4 Å². The molecule has 1 aliphatic carbocycles. The molecule has 0 atom stereocenters. The highest BCUT2D eigenvalue weighted by molar-refractivity contribution is 7.17. The molecule has 0 saturated heterocycles. The van der Waals surface area contributed by atoms with Gasteiger partial charge in [-0.25, -0.2) is 0 Å². The maximum absolute atomic E-state index is 12.3. The Balaban J connectivity index is 1.78. The zero-order valence-electron chi connectivity index (χ0n) is 14.6. The third-order valence-electron chi connectivity index (χ3n) is 4.26. The van der Waals surface area contributed by atoms with Gasteiger partial charge in [-0.2, -0.15) is 0 Å². The van der Waals surface area contributed by atoms with Crippen molar-refractivity contribution in [2.45, 2.75) is 19.3 Å². The van der Waals surface area contributed by atoms with E-state index in [1.54, 1.807) is 38.5 Å². The maximum atomic E-state index is 12.3. The number of carbonyl (C=O) groups is 2. The van der Waals surface area contributed by atoms with Gasteiger partial charge in [0, 0.05) is 22.6 Å². The molecule has 1 aliphatic rings. The van der Waals surface area contributed by atoms with Gasteiger partial charge in [-0.05, 0) is 43.0 Å². The van der Waals surface area contributed by atoms with Gasteiger partial charge in [-0.3, -0.25) is 9.59 Å². The lowest BCUT2D eigenvalue weighted by molar-refractivity contribution is -0.111. The van der Waals surface area contributed by atoms with Crippen LogP contribution < -0.4 is 20.5 Å². The normalized spacial score (nSPS) is 12.8. The predicted octanol–water partition coefficient (Wildman–Crippen LogP) is 3.00. The lowest BCUT2D eigenvalue weighted by Gasteiger charge is -2.07. The lowest BCUT2D eigenvalue weighted by Crippen LogP contribution is -2.16. The molecule has 6 nitrogen and oxygen atoms in total. The number of nitrogens with two attached hydrogens (primary N) is 1. The second-order valence-electron chi connectivity index (χ2n) is 5.86. The lowest BCUT2D eigenvalue weighted by atomic mass is 10.1. The minimum absolute atomic E-state index is 0.328. The van der Waals surface area contributed by atoms with Crippen LogP contribution in [-0.4, -0.2) is 26.0 Å². The van der Waals surface area contributed by atoms with Crippen LogP contribution in [0.5, 0.6) is 11.5 Å². The SMILES string of the molecule is COc1ccc(/C=C/C(=O)Nc2sc3c(c2C(N)=O)CCC3)c(OC)c1. The number of thiophene rings is 1. The van der Waals surface area contributed by atoms with Gasteiger partial charge in [0.25, 0.3) is 5.91 Å². The van der Waals surface area contributed by atoms with Crippen LogP contribution in [0.25, 0.3) is 6.08 Å². The van der Waals surface area contributed by atoms with Gasteiger partial charge in [0.2, 0.25) is 5.91 Å². The van der Waals surface area contributed by atoms with Crippen molar-refractivity contribution >= 4 is 34.2 Å². The van der Waals surface area contributed by atoms with Crippen molar-refractivity contribution in [3.63, 3.8) is 0 Å². The van der Waals surface area contributed by atoms with Gasteiger partial charge >= 0.3 is 0 Å². The largest absolute Gasteiger partial charge is 0.497 e. The second kappa shape index (κ2) is 7.61. The highest BCUT2D eigenvalue weighted by Gasteiger charge is 2.25. The van der Waals surface area contributed by atoms with Gasteiger partial charge in [-0.15, -0.1) is 11.3 Å². The van der Waals surface area contributed by atoms with Crippen molar-refractivity contribution < 1.29 is 19.1 Å². The fourth-order valence-corrected chi connectivity index (χ4v) is 4.33. The second-order valence-corrected chi connectivity index (χ2v) is 6.96. The van der Waals surface area contributed by atoms with Crippen molar-refractivity contribution in [1.29, 1.82) is 0 Å². The third-order valence-corrected chi connectivity index (χ3v) is 5.47. The van der Waals surface area contributed by atoms with Crippen LogP contribution in [0.2, 0.25) is 0 Å². The summed E-state index contributed by atoms with van der Waals surface area (Å²) in [5.74, 6) is 0.440. The van der Waals surface area contributed by atoms with Crippen molar-refractivity contribution in [3.8, 4) is 11.5 Å². The number of hydrogen-bond acceptors (Lipinski definition) is 5. The van der Waals surface area contributed by atoms with Crippen molar-refractivity contribution in [1.82, 2.24) is 0 Å². The van der Waals surface area contributed by atoms with Gasteiger partial charge in [-0.1, -0.05) is 0 Å². The van der Waals surface area contributed by atoms with E-state index in [2.05, 4.69) is 5.32 Å². The van der Waals surface area contributed by atoms with Gasteiger partial charge in [0.15, 0.2) is 0 Å². The molecule has 3 N–H and O–H groups in total. The average Bonchev–Trinajstić information content (AvgIpc) is 3.19. The molecule has 0 radical (unpaired) electrons. The van der Waals surface area contributed by atoms with Gasteiger partial charge in [0.1, 0.15) is 16.5 Å². The minimum Gasteiger partial charge on any atom is -0.497 e. The average molecular weight is 372 g/mol. The minimum atomic E-state index is -0.500. The monoisotopic (exact) mass is 372 g/mol. The Hall–Kier alpha value is -2.80. The summed E-state index contributed by atoms with van der Waals surface area (Å²) in [7, 11) is 3.13. The van der Waals surface area contributed by atoms with Crippen molar-refractivity contribution in [2.75, 3.05) is 19.5 Å². The first kappa shape index (κ1) is 18.0. The van der Waals surface area contributed by atoms with Crippen LogP contribution in [0.1, 0.15) is 32.8 Å². The molecular formula is C19H20N2O4S. The van der Waals surface area contributed by atoms with E-state index in [9.17, 15) is 9.59 Å². The van der Waals surface area contributed by atoms with Crippen LogP contribution in [-0.2, 0) is 17.6 Å². The summed E-state index contributed by atoms with van der Waals surface area (Å²) in [6.07, 6.45) is 5.83. The Morgan fingerprint density at radius 2 is 2.04 bits per heavy atom. The summed E-state index contributed by atoms with van der Waals surface area (Å²) in [4.78, 5) is 25.2. The molecule has 2 aromatic rings. The summed E-state index contributed by atoms with van der Waals surface area (Å²) in [5, 5.41) is 3.30. The number of amides is 2. The Morgan fingerprint density at radius 1 is 1.23 bits per heavy atom. The molecule has 2 amide bonds. The van der Waals surface area contributed by atoms with E-state index in [1.807, 2.05) is 0 Å². The zero-order valence-corrected chi connectivity index (χ0v) is 15.4. The number of primary amides is 1. The number of rotatable bonds is 6. The summed E-state index contributed by atoms with van der Waals surface area (Å²) < 4.78 is 10.5. The molecule has 26 heavy (non-hydrogen) atoms. The van der Waals surface area contributed by atoms with Crippen LogP contribution in [0, 0.1) is 0 Å². The molecule has 136 valence electrons. The smallest absolute Gasteiger partial charge is 0.251 e. The summed E-state index contributed by atoms with van der Waals surface area (Å²) in [5.41, 5.74) is 7.69.